The van der Waals surface area contributed by atoms with Crippen LogP contribution >= 0.6 is 0 Å². The highest BCUT2D eigenvalue weighted by atomic mass is 19.1. The van der Waals surface area contributed by atoms with Crippen LogP contribution < -0.4 is 5.73 Å². The standard InChI is InChI=1S/C20H27FN2O2/c21-17-4-15(5-18(24)6-17)14-2-1-3-23(12-14)19(25)16-9-20(10-16)7-13(8-20)11-22/h4-6,13-14,16,24H,1-3,7-12,22H2. The topological polar surface area (TPSA) is 66.6 Å². The lowest BCUT2D eigenvalue weighted by Crippen LogP contribution is -2.54. The van der Waals surface area contributed by atoms with E-state index in [0.717, 1.165) is 50.4 Å². The summed E-state index contributed by atoms with van der Waals surface area (Å²) >= 11 is 0. The number of piperidine rings is 1. The van der Waals surface area contributed by atoms with Crippen molar-refractivity contribution in [1.82, 2.24) is 4.90 Å². The first-order valence-electron chi connectivity index (χ1n) is 9.46. The van der Waals surface area contributed by atoms with E-state index < -0.39 is 5.82 Å². The number of rotatable bonds is 3. The Kier molecular flexibility index (Phi) is 4.22. The van der Waals surface area contributed by atoms with Crippen LogP contribution in [0.5, 0.6) is 5.75 Å². The number of benzene rings is 1. The molecule has 1 spiro atoms. The lowest BCUT2D eigenvalue weighted by Gasteiger charge is -2.58. The molecule has 3 N–H and O–H groups in total. The molecule has 1 aromatic rings. The van der Waals surface area contributed by atoms with Crippen LogP contribution in [0.15, 0.2) is 18.2 Å². The Morgan fingerprint density at radius 3 is 2.72 bits per heavy atom. The Morgan fingerprint density at radius 2 is 2.04 bits per heavy atom. The minimum Gasteiger partial charge on any atom is -0.508 e. The molecule has 4 nitrogen and oxygen atoms in total. The van der Waals surface area contributed by atoms with Gasteiger partial charge in [-0.15, -0.1) is 0 Å². The van der Waals surface area contributed by atoms with Crippen molar-refractivity contribution in [2.45, 2.75) is 44.4 Å². The van der Waals surface area contributed by atoms with Gasteiger partial charge < -0.3 is 15.7 Å². The molecule has 1 aromatic carbocycles. The van der Waals surface area contributed by atoms with Crippen LogP contribution in [-0.2, 0) is 4.79 Å². The van der Waals surface area contributed by atoms with Crippen LogP contribution in [0.25, 0.3) is 0 Å². The lowest BCUT2D eigenvalue weighted by atomic mass is 9.48. The molecule has 0 bridgehead atoms. The van der Waals surface area contributed by atoms with Crippen LogP contribution in [0, 0.1) is 23.1 Å². The number of amides is 1. The summed E-state index contributed by atoms with van der Waals surface area (Å²) in [5.41, 5.74) is 6.92. The summed E-state index contributed by atoms with van der Waals surface area (Å²) in [5, 5.41) is 9.64. The first-order valence-corrected chi connectivity index (χ1v) is 9.46. The van der Waals surface area contributed by atoms with Gasteiger partial charge in [-0.05, 0) is 74.1 Å². The third-order valence-electron chi connectivity index (χ3n) is 6.59. The van der Waals surface area contributed by atoms with Crippen molar-refractivity contribution in [1.29, 1.82) is 0 Å². The maximum Gasteiger partial charge on any atom is 0.225 e. The van der Waals surface area contributed by atoms with E-state index in [0.29, 0.717) is 17.9 Å². The highest BCUT2D eigenvalue weighted by Gasteiger charge is 2.54. The second-order valence-corrected chi connectivity index (χ2v) is 8.48. The largest absolute Gasteiger partial charge is 0.508 e. The summed E-state index contributed by atoms with van der Waals surface area (Å²) in [4.78, 5) is 14.8. The van der Waals surface area contributed by atoms with Crippen molar-refractivity contribution in [3.05, 3.63) is 29.6 Å². The Morgan fingerprint density at radius 1 is 1.28 bits per heavy atom. The van der Waals surface area contributed by atoms with E-state index in [4.69, 9.17) is 5.73 Å². The van der Waals surface area contributed by atoms with Crippen LogP contribution in [0.1, 0.15) is 50.0 Å². The van der Waals surface area contributed by atoms with E-state index in [1.807, 2.05) is 4.90 Å². The van der Waals surface area contributed by atoms with E-state index in [9.17, 15) is 14.3 Å². The summed E-state index contributed by atoms with van der Waals surface area (Å²) in [6.45, 7) is 2.21. The number of nitrogens with zero attached hydrogens (tertiary/aromatic N) is 1. The summed E-state index contributed by atoms with van der Waals surface area (Å²) in [6, 6.07) is 4.23. The Labute approximate surface area is 148 Å². The van der Waals surface area contributed by atoms with Gasteiger partial charge in [-0.2, -0.15) is 0 Å². The zero-order valence-electron chi connectivity index (χ0n) is 14.6. The molecular formula is C20H27FN2O2. The van der Waals surface area contributed by atoms with Crippen LogP contribution in [-0.4, -0.2) is 35.5 Å². The van der Waals surface area contributed by atoms with Crippen molar-refractivity contribution < 1.29 is 14.3 Å². The molecule has 1 aliphatic heterocycles. The van der Waals surface area contributed by atoms with Gasteiger partial charge in [0, 0.05) is 31.0 Å². The molecule has 0 aromatic heterocycles. The molecule has 1 atom stereocenters. The van der Waals surface area contributed by atoms with Crippen molar-refractivity contribution in [3.8, 4) is 5.75 Å². The predicted octanol–water partition coefficient (Wildman–Crippen LogP) is 3.00. The first-order chi connectivity index (χ1) is 12.0. The fourth-order valence-electron chi connectivity index (χ4n) is 5.36. The van der Waals surface area contributed by atoms with E-state index in [2.05, 4.69) is 0 Å². The number of carbonyl (C=O) groups is 1. The molecule has 4 rings (SSSR count). The summed E-state index contributed by atoms with van der Waals surface area (Å²) in [6.07, 6.45) is 6.28. The number of aromatic hydroxyl groups is 1. The quantitative estimate of drug-likeness (QED) is 0.884. The van der Waals surface area contributed by atoms with Gasteiger partial charge in [0.25, 0.3) is 0 Å². The summed E-state index contributed by atoms with van der Waals surface area (Å²) < 4.78 is 13.6. The van der Waals surface area contributed by atoms with Crippen molar-refractivity contribution in [2.75, 3.05) is 19.6 Å². The Bertz CT molecular complexity index is 643. The molecule has 1 saturated heterocycles. The minimum absolute atomic E-state index is 0.0428. The SMILES string of the molecule is NCC1CC2(C1)CC(C(=O)N1CCCC(c3cc(O)cc(F)c3)C1)C2. The number of hydrogen-bond donors (Lipinski definition) is 2. The van der Waals surface area contributed by atoms with E-state index in [-0.39, 0.29) is 23.5 Å². The van der Waals surface area contributed by atoms with Gasteiger partial charge in [0.1, 0.15) is 11.6 Å². The number of nitrogens with two attached hydrogens (primary N) is 1. The Hall–Kier alpha value is -1.62. The van der Waals surface area contributed by atoms with Gasteiger partial charge in [-0.25, -0.2) is 4.39 Å². The molecule has 0 radical (unpaired) electrons. The highest BCUT2D eigenvalue weighted by Crippen LogP contribution is 2.61. The molecule has 25 heavy (non-hydrogen) atoms. The molecule has 3 fully saturated rings. The molecule has 136 valence electrons. The number of carbonyl (C=O) groups excluding carboxylic acids is 1. The van der Waals surface area contributed by atoms with Crippen molar-refractivity contribution in [2.24, 2.45) is 23.0 Å². The monoisotopic (exact) mass is 346 g/mol. The second kappa shape index (κ2) is 6.27. The van der Waals surface area contributed by atoms with Crippen LogP contribution in [0.4, 0.5) is 4.39 Å². The van der Waals surface area contributed by atoms with Crippen LogP contribution in [0.3, 0.4) is 0 Å². The Balaban J connectivity index is 1.36. The van der Waals surface area contributed by atoms with Gasteiger partial charge in [-0.1, -0.05) is 0 Å². The van der Waals surface area contributed by atoms with Crippen molar-refractivity contribution in [3.63, 3.8) is 0 Å². The zero-order chi connectivity index (χ0) is 17.6. The zero-order valence-corrected chi connectivity index (χ0v) is 14.6. The maximum atomic E-state index is 13.6. The molecule has 2 aliphatic carbocycles. The van der Waals surface area contributed by atoms with E-state index >= 15 is 0 Å². The fourth-order valence-corrected chi connectivity index (χ4v) is 5.36. The lowest BCUT2D eigenvalue weighted by molar-refractivity contribution is -0.152. The predicted molar refractivity (Wildman–Crippen MR) is 93.6 cm³/mol. The number of likely N-dealkylation sites (tertiary alicyclic amines) is 1. The number of phenols is 1. The van der Waals surface area contributed by atoms with E-state index in [1.165, 1.54) is 18.9 Å². The second-order valence-electron chi connectivity index (χ2n) is 8.48. The number of hydrogen-bond acceptors (Lipinski definition) is 3. The first kappa shape index (κ1) is 16.8. The molecule has 5 heteroatoms. The molecule has 2 saturated carbocycles. The van der Waals surface area contributed by atoms with Gasteiger partial charge in [-0.3, -0.25) is 4.79 Å². The highest BCUT2D eigenvalue weighted by molar-refractivity contribution is 5.80. The van der Waals surface area contributed by atoms with Crippen molar-refractivity contribution >= 4 is 5.91 Å². The molecule has 1 amide bonds. The summed E-state index contributed by atoms with van der Waals surface area (Å²) in [5.74, 6) is 0.748. The number of halogens is 1. The molecule has 1 unspecified atom stereocenters. The minimum atomic E-state index is -0.418. The molecule has 3 aliphatic rings. The average Bonchev–Trinajstić information content (AvgIpc) is 2.51. The van der Waals surface area contributed by atoms with Crippen LogP contribution in [0.2, 0.25) is 0 Å². The smallest absolute Gasteiger partial charge is 0.225 e. The summed E-state index contributed by atoms with van der Waals surface area (Å²) in [7, 11) is 0. The fraction of sp³-hybridized carbons (Fsp3) is 0.650. The average molecular weight is 346 g/mol. The molecular weight excluding hydrogens is 319 g/mol. The van der Waals surface area contributed by atoms with Gasteiger partial charge in [0.05, 0.1) is 0 Å². The van der Waals surface area contributed by atoms with Gasteiger partial charge >= 0.3 is 0 Å². The third kappa shape index (κ3) is 3.14. The van der Waals surface area contributed by atoms with E-state index in [1.54, 1.807) is 6.07 Å². The normalized spacial score (nSPS) is 34.5. The third-order valence-corrected chi connectivity index (χ3v) is 6.59. The van der Waals surface area contributed by atoms with Gasteiger partial charge in [0.2, 0.25) is 5.91 Å². The number of phenolic OH excluding ortho intramolecular Hbond substituents is 1. The molecule has 1 heterocycles. The van der Waals surface area contributed by atoms with Gasteiger partial charge in [0.15, 0.2) is 0 Å². The maximum absolute atomic E-state index is 13.6.